The molecule has 5 heteroatoms. The number of nitrogens with zero attached hydrogens (tertiary/aromatic N) is 1. The maximum absolute atomic E-state index is 12.5. The summed E-state index contributed by atoms with van der Waals surface area (Å²) in [5.74, 6) is 0.138. The SMILES string of the molecule is O=C(c1cc(=O)c2ccccc2[nH]1)N1CCC(CO)CC1. The van der Waals surface area contributed by atoms with Crippen molar-refractivity contribution < 1.29 is 9.90 Å². The van der Waals surface area contributed by atoms with E-state index >= 15 is 0 Å². The van der Waals surface area contributed by atoms with Crippen molar-refractivity contribution in [2.75, 3.05) is 19.7 Å². The lowest BCUT2D eigenvalue weighted by atomic mass is 9.97. The summed E-state index contributed by atoms with van der Waals surface area (Å²) in [4.78, 5) is 29.3. The third kappa shape index (κ3) is 2.69. The molecule has 1 fully saturated rings. The normalized spacial score (nSPS) is 16.3. The lowest BCUT2D eigenvalue weighted by Gasteiger charge is -2.31. The molecule has 1 saturated heterocycles. The van der Waals surface area contributed by atoms with E-state index in [0.717, 1.165) is 12.8 Å². The molecule has 110 valence electrons. The third-order valence-electron chi connectivity index (χ3n) is 4.13. The highest BCUT2D eigenvalue weighted by atomic mass is 16.3. The van der Waals surface area contributed by atoms with Crippen LogP contribution in [0, 0.1) is 5.92 Å². The zero-order valence-electron chi connectivity index (χ0n) is 11.7. The molecule has 0 unspecified atom stereocenters. The summed E-state index contributed by atoms with van der Waals surface area (Å²) in [6, 6.07) is 8.56. The molecule has 0 bridgehead atoms. The monoisotopic (exact) mass is 286 g/mol. The van der Waals surface area contributed by atoms with Gasteiger partial charge in [0.25, 0.3) is 5.91 Å². The number of rotatable bonds is 2. The van der Waals surface area contributed by atoms with E-state index in [0.29, 0.717) is 29.7 Å². The first-order valence-electron chi connectivity index (χ1n) is 7.21. The van der Waals surface area contributed by atoms with Gasteiger partial charge in [0.1, 0.15) is 5.69 Å². The van der Waals surface area contributed by atoms with E-state index in [-0.39, 0.29) is 23.9 Å². The van der Waals surface area contributed by atoms with Gasteiger partial charge in [-0.1, -0.05) is 12.1 Å². The summed E-state index contributed by atoms with van der Waals surface area (Å²) in [5, 5.41) is 9.73. The number of pyridine rings is 1. The molecular formula is C16H18N2O3. The number of likely N-dealkylation sites (tertiary alicyclic amines) is 1. The van der Waals surface area contributed by atoms with E-state index in [1.165, 1.54) is 6.07 Å². The van der Waals surface area contributed by atoms with Crippen molar-refractivity contribution in [2.45, 2.75) is 12.8 Å². The van der Waals surface area contributed by atoms with Crippen molar-refractivity contribution in [1.29, 1.82) is 0 Å². The number of aromatic amines is 1. The predicted octanol–water partition coefficient (Wildman–Crippen LogP) is 1.37. The van der Waals surface area contributed by atoms with E-state index in [1.54, 1.807) is 23.1 Å². The van der Waals surface area contributed by atoms with Crippen LogP contribution in [0.4, 0.5) is 0 Å². The summed E-state index contributed by atoms with van der Waals surface area (Å²) < 4.78 is 0. The summed E-state index contributed by atoms with van der Waals surface area (Å²) in [6.07, 6.45) is 1.61. The molecule has 1 aliphatic rings. The minimum absolute atomic E-state index is 0.141. The zero-order chi connectivity index (χ0) is 14.8. The number of aromatic nitrogens is 1. The number of aliphatic hydroxyl groups is 1. The lowest BCUT2D eigenvalue weighted by molar-refractivity contribution is 0.0645. The molecule has 3 rings (SSSR count). The first-order valence-corrected chi connectivity index (χ1v) is 7.21. The van der Waals surface area contributed by atoms with Gasteiger partial charge in [0.2, 0.25) is 0 Å². The molecule has 0 saturated carbocycles. The van der Waals surface area contributed by atoms with E-state index in [2.05, 4.69) is 4.98 Å². The highest BCUT2D eigenvalue weighted by Gasteiger charge is 2.24. The van der Waals surface area contributed by atoms with Crippen molar-refractivity contribution in [1.82, 2.24) is 9.88 Å². The van der Waals surface area contributed by atoms with E-state index in [4.69, 9.17) is 5.11 Å². The Bertz CT molecular complexity index is 715. The zero-order valence-corrected chi connectivity index (χ0v) is 11.7. The molecule has 2 N–H and O–H groups in total. The molecule has 1 aromatic heterocycles. The molecule has 1 aromatic carbocycles. The molecule has 0 aliphatic carbocycles. The quantitative estimate of drug-likeness (QED) is 0.875. The number of aliphatic hydroxyl groups excluding tert-OH is 1. The van der Waals surface area contributed by atoms with Gasteiger partial charge in [-0.25, -0.2) is 0 Å². The van der Waals surface area contributed by atoms with Crippen LogP contribution in [0.2, 0.25) is 0 Å². The topological polar surface area (TPSA) is 73.4 Å². The lowest BCUT2D eigenvalue weighted by Crippen LogP contribution is -2.39. The van der Waals surface area contributed by atoms with Gasteiger partial charge >= 0.3 is 0 Å². The van der Waals surface area contributed by atoms with Crippen LogP contribution in [0.5, 0.6) is 0 Å². The van der Waals surface area contributed by atoms with Crippen LogP contribution in [0.3, 0.4) is 0 Å². The number of para-hydroxylation sites is 1. The van der Waals surface area contributed by atoms with Crippen molar-refractivity contribution >= 4 is 16.8 Å². The standard InChI is InChI=1S/C16H18N2O3/c19-10-11-5-7-18(8-6-11)16(21)14-9-15(20)12-3-1-2-4-13(12)17-14/h1-4,9,11,19H,5-8,10H2,(H,17,20). The smallest absolute Gasteiger partial charge is 0.270 e. The van der Waals surface area contributed by atoms with Crippen LogP contribution >= 0.6 is 0 Å². The third-order valence-corrected chi connectivity index (χ3v) is 4.13. The Hall–Kier alpha value is -2.14. The van der Waals surface area contributed by atoms with Crippen LogP contribution < -0.4 is 5.43 Å². The number of carbonyl (C=O) groups is 1. The van der Waals surface area contributed by atoms with Gasteiger partial charge in [-0.3, -0.25) is 9.59 Å². The second-order valence-electron chi connectivity index (χ2n) is 5.51. The minimum atomic E-state index is -0.144. The van der Waals surface area contributed by atoms with Crippen molar-refractivity contribution in [3.8, 4) is 0 Å². The second kappa shape index (κ2) is 5.69. The maximum atomic E-state index is 12.5. The van der Waals surface area contributed by atoms with Crippen LogP contribution in [0.1, 0.15) is 23.3 Å². The van der Waals surface area contributed by atoms with Gasteiger partial charge in [-0.05, 0) is 30.9 Å². The molecule has 21 heavy (non-hydrogen) atoms. The molecule has 2 heterocycles. The second-order valence-corrected chi connectivity index (χ2v) is 5.51. The number of H-pyrrole nitrogens is 1. The fourth-order valence-electron chi connectivity index (χ4n) is 2.80. The fourth-order valence-corrected chi connectivity index (χ4v) is 2.80. The first-order chi connectivity index (χ1) is 10.2. The molecule has 1 aliphatic heterocycles. The molecule has 5 nitrogen and oxygen atoms in total. The Balaban J connectivity index is 1.87. The number of fused-ring (bicyclic) bond motifs is 1. The van der Waals surface area contributed by atoms with Gasteiger partial charge in [-0.15, -0.1) is 0 Å². The van der Waals surface area contributed by atoms with Gasteiger partial charge in [-0.2, -0.15) is 0 Å². The van der Waals surface area contributed by atoms with E-state index < -0.39 is 0 Å². The number of piperidine rings is 1. The Labute approximate surface area is 122 Å². The number of amides is 1. The summed E-state index contributed by atoms with van der Waals surface area (Å²) in [7, 11) is 0. The Morgan fingerprint density at radius 2 is 2.00 bits per heavy atom. The summed E-state index contributed by atoms with van der Waals surface area (Å²) >= 11 is 0. The molecule has 0 radical (unpaired) electrons. The number of hydrogen-bond donors (Lipinski definition) is 2. The van der Waals surface area contributed by atoms with Crippen LogP contribution in [0.25, 0.3) is 10.9 Å². The first kappa shape index (κ1) is 13.8. The van der Waals surface area contributed by atoms with Crippen molar-refractivity contribution in [3.63, 3.8) is 0 Å². The highest BCUT2D eigenvalue weighted by Crippen LogP contribution is 2.18. The van der Waals surface area contributed by atoms with Crippen LogP contribution in [-0.2, 0) is 0 Å². The van der Waals surface area contributed by atoms with Gasteiger partial charge in [0, 0.05) is 36.7 Å². The van der Waals surface area contributed by atoms with Gasteiger partial charge in [0.15, 0.2) is 5.43 Å². The van der Waals surface area contributed by atoms with Crippen molar-refractivity contribution in [2.24, 2.45) is 5.92 Å². The summed E-state index contributed by atoms with van der Waals surface area (Å²) in [5.41, 5.74) is 0.873. The molecule has 1 amide bonds. The molecular weight excluding hydrogens is 268 g/mol. The van der Waals surface area contributed by atoms with E-state index in [9.17, 15) is 9.59 Å². The Kier molecular flexibility index (Phi) is 3.75. The average molecular weight is 286 g/mol. The number of nitrogens with one attached hydrogen (secondary N) is 1. The van der Waals surface area contributed by atoms with E-state index in [1.807, 2.05) is 6.07 Å². The molecule has 2 aromatic rings. The molecule has 0 spiro atoms. The Morgan fingerprint density at radius 3 is 2.71 bits per heavy atom. The largest absolute Gasteiger partial charge is 0.396 e. The van der Waals surface area contributed by atoms with Crippen molar-refractivity contribution in [3.05, 3.63) is 46.2 Å². The maximum Gasteiger partial charge on any atom is 0.270 e. The van der Waals surface area contributed by atoms with Gasteiger partial charge in [0.05, 0.1) is 0 Å². The number of benzene rings is 1. The fraction of sp³-hybridized carbons (Fsp3) is 0.375. The highest BCUT2D eigenvalue weighted by molar-refractivity contribution is 5.94. The Morgan fingerprint density at radius 1 is 1.29 bits per heavy atom. The van der Waals surface area contributed by atoms with Crippen LogP contribution in [-0.4, -0.2) is 40.6 Å². The van der Waals surface area contributed by atoms with Gasteiger partial charge < -0.3 is 15.0 Å². The minimum Gasteiger partial charge on any atom is -0.396 e. The number of hydrogen-bond acceptors (Lipinski definition) is 3. The number of carbonyl (C=O) groups excluding carboxylic acids is 1. The summed E-state index contributed by atoms with van der Waals surface area (Å²) in [6.45, 7) is 1.42. The average Bonchev–Trinajstić information content (AvgIpc) is 2.54. The van der Waals surface area contributed by atoms with Crippen LogP contribution in [0.15, 0.2) is 35.1 Å². The molecule has 0 atom stereocenters. The predicted molar refractivity (Wildman–Crippen MR) is 80.3 cm³/mol.